The zero-order valence-electron chi connectivity index (χ0n) is 10.1. The zero-order chi connectivity index (χ0) is 12.4. The van der Waals surface area contributed by atoms with Crippen LogP contribution in [0.15, 0.2) is 30.3 Å². The Hall–Kier alpha value is -1.81. The summed E-state index contributed by atoms with van der Waals surface area (Å²) >= 11 is 0. The molecular formula is C13H17N3O. The summed E-state index contributed by atoms with van der Waals surface area (Å²) in [7, 11) is 1.92. The Morgan fingerprint density at radius 3 is 2.47 bits per heavy atom. The van der Waals surface area contributed by atoms with Crippen molar-refractivity contribution in [3.05, 3.63) is 47.3 Å². The van der Waals surface area contributed by atoms with Gasteiger partial charge in [-0.1, -0.05) is 12.1 Å². The third-order valence-corrected chi connectivity index (χ3v) is 2.93. The molecule has 0 aliphatic heterocycles. The van der Waals surface area contributed by atoms with Crippen molar-refractivity contribution in [2.75, 3.05) is 6.54 Å². The molecule has 1 unspecified atom stereocenters. The molecular weight excluding hydrogens is 214 g/mol. The maximum atomic E-state index is 9.29. The van der Waals surface area contributed by atoms with Gasteiger partial charge in [0.15, 0.2) is 0 Å². The highest BCUT2D eigenvalue weighted by Gasteiger charge is 2.16. The SMILES string of the molecule is Cc1cc(C(CN)c2ccc(O)cc2)n(C)n1. The van der Waals surface area contributed by atoms with E-state index >= 15 is 0 Å². The number of aromatic hydroxyl groups is 1. The van der Waals surface area contributed by atoms with Gasteiger partial charge in [-0.2, -0.15) is 5.10 Å². The summed E-state index contributed by atoms with van der Waals surface area (Å²) in [5.74, 6) is 0.382. The molecule has 0 bridgehead atoms. The molecule has 2 aromatic rings. The Labute approximate surface area is 101 Å². The lowest BCUT2D eigenvalue weighted by molar-refractivity contribution is 0.475. The molecule has 2 rings (SSSR count). The largest absolute Gasteiger partial charge is 0.508 e. The smallest absolute Gasteiger partial charge is 0.115 e. The van der Waals surface area contributed by atoms with Crippen molar-refractivity contribution in [3.63, 3.8) is 0 Å². The molecule has 0 saturated heterocycles. The number of hydrogen-bond acceptors (Lipinski definition) is 3. The van der Waals surface area contributed by atoms with Gasteiger partial charge in [0.1, 0.15) is 5.75 Å². The van der Waals surface area contributed by atoms with Crippen molar-refractivity contribution in [2.45, 2.75) is 12.8 Å². The fourth-order valence-corrected chi connectivity index (χ4v) is 2.09. The van der Waals surface area contributed by atoms with Gasteiger partial charge >= 0.3 is 0 Å². The quantitative estimate of drug-likeness (QED) is 0.842. The number of phenolic OH excluding ortho intramolecular Hbond substituents is 1. The second kappa shape index (κ2) is 4.59. The zero-order valence-corrected chi connectivity index (χ0v) is 10.1. The summed E-state index contributed by atoms with van der Waals surface area (Å²) in [4.78, 5) is 0. The number of hydrogen-bond donors (Lipinski definition) is 2. The lowest BCUT2D eigenvalue weighted by atomic mass is 9.95. The highest BCUT2D eigenvalue weighted by atomic mass is 16.3. The van der Waals surface area contributed by atoms with E-state index in [9.17, 15) is 5.11 Å². The minimum absolute atomic E-state index is 0.113. The Bertz CT molecular complexity index is 502. The number of rotatable bonds is 3. The minimum Gasteiger partial charge on any atom is -0.508 e. The predicted molar refractivity (Wildman–Crippen MR) is 66.9 cm³/mol. The second-order valence-electron chi connectivity index (χ2n) is 4.21. The fraction of sp³-hybridized carbons (Fsp3) is 0.308. The van der Waals surface area contributed by atoms with Gasteiger partial charge < -0.3 is 10.8 Å². The number of aryl methyl sites for hydroxylation is 2. The van der Waals surface area contributed by atoms with E-state index < -0.39 is 0 Å². The maximum Gasteiger partial charge on any atom is 0.115 e. The third-order valence-electron chi connectivity index (χ3n) is 2.93. The van der Waals surface area contributed by atoms with Crippen LogP contribution in [0.2, 0.25) is 0 Å². The molecule has 0 amide bonds. The van der Waals surface area contributed by atoms with E-state index in [-0.39, 0.29) is 11.7 Å². The number of aromatic nitrogens is 2. The Morgan fingerprint density at radius 2 is 2.00 bits per heavy atom. The van der Waals surface area contributed by atoms with E-state index in [0.717, 1.165) is 17.0 Å². The van der Waals surface area contributed by atoms with Crippen LogP contribution in [0.4, 0.5) is 0 Å². The normalized spacial score (nSPS) is 12.6. The second-order valence-corrected chi connectivity index (χ2v) is 4.21. The molecule has 0 aliphatic carbocycles. The van der Waals surface area contributed by atoms with Crippen LogP contribution >= 0.6 is 0 Å². The van der Waals surface area contributed by atoms with E-state index in [1.807, 2.05) is 36.9 Å². The van der Waals surface area contributed by atoms with Gasteiger partial charge in [-0.05, 0) is 30.7 Å². The van der Waals surface area contributed by atoms with Crippen LogP contribution in [0.3, 0.4) is 0 Å². The maximum absolute atomic E-state index is 9.29. The van der Waals surface area contributed by atoms with Gasteiger partial charge in [-0.25, -0.2) is 0 Å². The average molecular weight is 231 g/mol. The first-order chi connectivity index (χ1) is 8.11. The molecule has 4 nitrogen and oxygen atoms in total. The van der Waals surface area contributed by atoms with Crippen LogP contribution in [-0.4, -0.2) is 21.4 Å². The summed E-state index contributed by atoms with van der Waals surface area (Å²) < 4.78 is 1.86. The number of benzene rings is 1. The first-order valence-electron chi connectivity index (χ1n) is 5.61. The van der Waals surface area contributed by atoms with E-state index in [0.29, 0.717) is 6.54 Å². The van der Waals surface area contributed by atoms with Crippen LogP contribution in [0.25, 0.3) is 0 Å². The number of nitrogens with two attached hydrogens (primary N) is 1. The van der Waals surface area contributed by atoms with Gasteiger partial charge in [-0.15, -0.1) is 0 Å². The molecule has 4 heteroatoms. The van der Waals surface area contributed by atoms with Gasteiger partial charge in [0, 0.05) is 25.2 Å². The van der Waals surface area contributed by atoms with Crippen molar-refractivity contribution in [3.8, 4) is 5.75 Å². The Kier molecular flexibility index (Phi) is 3.15. The highest BCUT2D eigenvalue weighted by molar-refractivity contribution is 5.34. The Balaban J connectivity index is 2.39. The summed E-state index contributed by atoms with van der Waals surface area (Å²) in [6.07, 6.45) is 0. The van der Waals surface area contributed by atoms with Crippen LogP contribution in [0, 0.1) is 6.92 Å². The first kappa shape index (κ1) is 11.7. The van der Waals surface area contributed by atoms with Gasteiger partial charge in [-0.3, -0.25) is 4.68 Å². The molecule has 0 spiro atoms. The summed E-state index contributed by atoms with van der Waals surface area (Å²) in [5.41, 5.74) is 9.02. The highest BCUT2D eigenvalue weighted by Crippen LogP contribution is 2.25. The lowest BCUT2D eigenvalue weighted by Crippen LogP contribution is -2.16. The van der Waals surface area contributed by atoms with Crippen molar-refractivity contribution >= 4 is 0 Å². The van der Waals surface area contributed by atoms with Crippen molar-refractivity contribution in [1.29, 1.82) is 0 Å². The van der Waals surface area contributed by atoms with Gasteiger partial charge in [0.05, 0.1) is 5.69 Å². The van der Waals surface area contributed by atoms with Crippen LogP contribution in [-0.2, 0) is 7.05 Å². The van der Waals surface area contributed by atoms with Crippen LogP contribution in [0.5, 0.6) is 5.75 Å². The fourth-order valence-electron chi connectivity index (χ4n) is 2.09. The summed E-state index contributed by atoms with van der Waals surface area (Å²) in [6.45, 7) is 2.48. The Morgan fingerprint density at radius 1 is 1.35 bits per heavy atom. The van der Waals surface area contributed by atoms with E-state index in [1.165, 1.54) is 0 Å². The van der Waals surface area contributed by atoms with Gasteiger partial charge in [0.2, 0.25) is 0 Å². The number of nitrogens with zero attached hydrogens (tertiary/aromatic N) is 2. The molecule has 1 heterocycles. The van der Waals surface area contributed by atoms with E-state index in [4.69, 9.17) is 5.73 Å². The average Bonchev–Trinajstić information content (AvgIpc) is 2.62. The monoisotopic (exact) mass is 231 g/mol. The van der Waals surface area contributed by atoms with Crippen LogP contribution in [0.1, 0.15) is 22.9 Å². The van der Waals surface area contributed by atoms with Crippen molar-refractivity contribution < 1.29 is 5.11 Å². The molecule has 0 saturated carbocycles. The molecule has 0 radical (unpaired) electrons. The molecule has 0 aliphatic rings. The molecule has 3 N–H and O–H groups in total. The molecule has 1 aromatic heterocycles. The van der Waals surface area contributed by atoms with Crippen molar-refractivity contribution in [2.24, 2.45) is 12.8 Å². The van der Waals surface area contributed by atoms with E-state index in [1.54, 1.807) is 12.1 Å². The number of phenols is 1. The molecule has 1 atom stereocenters. The van der Waals surface area contributed by atoms with Crippen LogP contribution < -0.4 is 5.73 Å². The topological polar surface area (TPSA) is 64.1 Å². The molecule has 17 heavy (non-hydrogen) atoms. The van der Waals surface area contributed by atoms with Crippen molar-refractivity contribution in [1.82, 2.24) is 9.78 Å². The summed E-state index contributed by atoms with van der Waals surface area (Å²) in [6, 6.07) is 9.21. The van der Waals surface area contributed by atoms with Gasteiger partial charge in [0.25, 0.3) is 0 Å². The lowest BCUT2D eigenvalue weighted by Gasteiger charge is -2.15. The first-order valence-corrected chi connectivity index (χ1v) is 5.61. The predicted octanol–water partition coefficient (Wildman–Crippen LogP) is 1.52. The molecule has 1 aromatic carbocycles. The van der Waals surface area contributed by atoms with E-state index in [2.05, 4.69) is 5.10 Å². The standard InChI is InChI=1S/C13H17N3O/c1-9-7-13(16(2)15-9)12(8-14)10-3-5-11(17)6-4-10/h3-7,12,17H,8,14H2,1-2H3. The minimum atomic E-state index is 0.113. The summed E-state index contributed by atoms with van der Waals surface area (Å²) in [5, 5.41) is 13.6. The molecule has 90 valence electrons. The molecule has 0 fully saturated rings. The third kappa shape index (κ3) is 2.31.